The molecular weight excluding hydrogens is 186 g/mol. The normalized spacial score (nSPS) is 10.7. The SMILES string of the molecule is Cc1cnc2nc(Cl)c(C)nc2c1. The molecule has 2 heterocycles. The van der Waals surface area contributed by atoms with Gasteiger partial charge in [-0.25, -0.2) is 15.0 Å². The van der Waals surface area contributed by atoms with Crippen molar-refractivity contribution in [2.24, 2.45) is 0 Å². The van der Waals surface area contributed by atoms with E-state index in [9.17, 15) is 0 Å². The molecule has 2 rings (SSSR count). The summed E-state index contributed by atoms with van der Waals surface area (Å²) in [4.78, 5) is 12.5. The van der Waals surface area contributed by atoms with Crippen LogP contribution in [0.3, 0.4) is 0 Å². The van der Waals surface area contributed by atoms with Crippen LogP contribution >= 0.6 is 11.6 Å². The molecule has 0 saturated carbocycles. The molecule has 2 aromatic rings. The molecule has 0 fully saturated rings. The molecule has 0 unspecified atom stereocenters. The summed E-state index contributed by atoms with van der Waals surface area (Å²) < 4.78 is 0. The average Bonchev–Trinajstić information content (AvgIpc) is 2.08. The average molecular weight is 194 g/mol. The smallest absolute Gasteiger partial charge is 0.179 e. The van der Waals surface area contributed by atoms with Gasteiger partial charge in [0.1, 0.15) is 5.52 Å². The number of fused-ring (bicyclic) bond motifs is 1. The van der Waals surface area contributed by atoms with E-state index in [0.29, 0.717) is 10.8 Å². The fraction of sp³-hybridized carbons (Fsp3) is 0.222. The van der Waals surface area contributed by atoms with Crippen LogP contribution in [0.5, 0.6) is 0 Å². The molecule has 66 valence electrons. The number of halogens is 1. The number of hydrogen-bond acceptors (Lipinski definition) is 3. The number of aryl methyl sites for hydroxylation is 2. The van der Waals surface area contributed by atoms with Crippen molar-refractivity contribution in [3.8, 4) is 0 Å². The molecule has 0 aliphatic carbocycles. The van der Waals surface area contributed by atoms with E-state index in [-0.39, 0.29) is 0 Å². The maximum absolute atomic E-state index is 5.81. The van der Waals surface area contributed by atoms with Crippen molar-refractivity contribution in [3.63, 3.8) is 0 Å². The van der Waals surface area contributed by atoms with Crippen molar-refractivity contribution in [1.82, 2.24) is 15.0 Å². The first kappa shape index (κ1) is 8.38. The number of aromatic nitrogens is 3. The van der Waals surface area contributed by atoms with Crippen LogP contribution in [0.15, 0.2) is 12.3 Å². The molecule has 3 nitrogen and oxygen atoms in total. The van der Waals surface area contributed by atoms with Gasteiger partial charge in [0.15, 0.2) is 10.8 Å². The fourth-order valence-electron chi connectivity index (χ4n) is 1.12. The molecule has 4 heteroatoms. The second kappa shape index (κ2) is 2.92. The Labute approximate surface area is 80.8 Å². The molecule has 0 aliphatic heterocycles. The Morgan fingerprint density at radius 1 is 1.23 bits per heavy atom. The van der Waals surface area contributed by atoms with E-state index in [0.717, 1.165) is 16.8 Å². The van der Waals surface area contributed by atoms with E-state index in [2.05, 4.69) is 15.0 Å². The Morgan fingerprint density at radius 2 is 2.00 bits per heavy atom. The van der Waals surface area contributed by atoms with Crippen LogP contribution in [0.1, 0.15) is 11.3 Å². The van der Waals surface area contributed by atoms with Gasteiger partial charge in [0.05, 0.1) is 5.69 Å². The zero-order chi connectivity index (χ0) is 9.42. The zero-order valence-electron chi connectivity index (χ0n) is 7.37. The Balaban J connectivity index is 2.81. The van der Waals surface area contributed by atoms with Gasteiger partial charge in [-0.3, -0.25) is 0 Å². The number of hydrogen-bond donors (Lipinski definition) is 0. The number of pyridine rings is 1. The van der Waals surface area contributed by atoms with Crippen LogP contribution in [0.4, 0.5) is 0 Å². The lowest BCUT2D eigenvalue weighted by molar-refractivity contribution is 1.14. The summed E-state index contributed by atoms with van der Waals surface area (Å²) in [7, 11) is 0. The van der Waals surface area contributed by atoms with Crippen LogP contribution in [0.2, 0.25) is 5.15 Å². The topological polar surface area (TPSA) is 38.7 Å². The molecule has 0 aliphatic rings. The second-order valence-electron chi connectivity index (χ2n) is 2.96. The minimum Gasteiger partial charge on any atom is -0.247 e. The Hall–Kier alpha value is -1.22. The van der Waals surface area contributed by atoms with Crippen molar-refractivity contribution < 1.29 is 0 Å². The monoisotopic (exact) mass is 193 g/mol. The minimum atomic E-state index is 0.420. The van der Waals surface area contributed by atoms with E-state index >= 15 is 0 Å². The molecule has 13 heavy (non-hydrogen) atoms. The van der Waals surface area contributed by atoms with Gasteiger partial charge in [-0.05, 0) is 25.5 Å². The summed E-state index contributed by atoms with van der Waals surface area (Å²) in [5.41, 5.74) is 3.20. The maximum atomic E-state index is 5.81. The van der Waals surface area contributed by atoms with Crippen LogP contribution in [-0.4, -0.2) is 15.0 Å². The van der Waals surface area contributed by atoms with Gasteiger partial charge in [-0.2, -0.15) is 0 Å². The lowest BCUT2D eigenvalue weighted by Crippen LogP contribution is -1.92. The summed E-state index contributed by atoms with van der Waals surface area (Å²) >= 11 is 5.81. The van der Waals surface area contributed by atoms with Crippen molar-refractivity contribution in [3.05, 3.63) is 28.7 Å². The van der Waals surface area contributed by atoms with Gasteiger partial charge in [-0.15, -0.1) is 0 Å². The van der Waals surface area contributed by atoms with Gasteiger partial charge >= 0.3 is 0 Å². The van der Waals surface area contributed by atoms with Crippen LogP contribution in [0, 0.1) is 13.8 Å². The van der Waals surface area contributed by atoms with E-state index in [1.807, 2.05) is 19.9 Å². The molecule has 2 aromatic heterocycles. The first-order valence-electron chi connectivity index (χ1n) is 3.93. The first-order chi connectivity index (χ1) is 6.16. The molecule has 0 amide bonds. The van der Waals surface area contributed by atoms with E-state index < -0.39 is 0 Å². The second-order valence-corrected chi connectivity index (χ2v) is 3.31. The van der Waals surface area contributed by atoms with Gasteiger partial charge in [-0.1, -0.05) is 11.6 Å². The highest BCUT2D eigenvalue weighted by Crippen LogP contribution is 2.14. The highest BCUT2D eigenvalue weighted by atomic mass is 35.5. The van der Waals surface area contributed by atoms with Crippen molar-refractivity contribution >= 4 is 22.8 Å². The summed E-state index contributed by atoms with van der Waals surface area (Å²) in [5, 5.41) is 0.420. The number of nitrogens with zero attached hydrogens (tertiary/aromatic N) is 3. The Bertz CT molecular complexity index is 468. The van der Waals surface area contributed by atoms with Crippen LogP contribution in [0.25, 0.3) is 11.2 Å². The zero-order valence-corrected chi connectivity index (χ0v) is 8.13. The highest BCUT2D eigenvalue weighted by Gasteiger charge is 2.02. The van der Waals surface area contributed by atoms with Crippen LogP contribution in [-0.2, 0) is 0 Å². The maximum Gasteiger partial charge on any atom is 0.179 e. The summed E-state index contributed by atoms with van der Waals surface area (Å²) in [6.45, 7) is 3.80. The summed E-state index contributed by atoms with van der Waals surface area (Å²) in [6.07, 6.45) is 1.75. The van der Waals surface area contributed by atoms with Crippen LogP contribution < -0.4 is 0 Å². The molecule has 0 N–H and O–H groups in total. The molecule has 0 spiro atoms. The van der Waals surface area contributed by atoms with Crippen molar-refractivity contribution in [2.45, 2.75) is 13.8 Å². The third-order valence-electron chi connectivity index (χ3n) is 1.77. The lowest BCUT2D eigenvalue weighted by atomic mass is 10.3. The van der Waals surface area contributed by atoms with Gasteiger partial charge in [0.2, 0.25) is 0 Å². The quantitative estimate of drug-likeness (QED) is 0.645. The minimum absolute atomic E-state index is 0.420. The fourth-order valence-corrected chi connectivity index (χ4v) is 1.24. The molecular formula is C9H8ClN3. The Kier molecular flexibility index (Phi) is 1.88. The largest absolute Gasteiger partial charge is 0.247 e. The van der Waals surface area contributed by atoms with E-state index in [1.165, 1.54) is 0 Å². The van der Waals surface area contributed by atoms with Crippen molar-refractivity contribution in [2.75, 3.05) is 0 Å². The lowest BCUT2D eigenvalue weighted by Gasteiger charge is -2.00. The highest BCUT2D eigenvalue weighted by molar-refractivity contribution is 6.30. The first-order valence-corrected chi connectivity index (χ1v) is 4.31. The van der Waals surface area contributed by atoms with E-state index in [1.54, 1.807) is 6.20 Å². The van der Waals surface area contributed by atoms with Gasteiger partial charge < -0.3 is 0 Å². The summed E-state index contributed by atoms with van der Waals surface area (Å²) in [6, 6.07) is 1.94. The third-order valence-corrected chi connectivity index (χ3v) is 2.13. The number of rotatable bonds is 0. The van der Waals surface area contributed by atoms with Gasteiger partial charge in [0.25, 0.3) is 0 Å². The molecule has 0 atom stereocenters. The summed E-state index contributed by atoms with van der Waals surface area (Å²) in [5.74, 6) is 0. The predicted octanol–water partition coefficient (Wildman–Crippen LogP) is 2.30. The molecule has 0 radical (unpaired) electrons. The van der Waals surface area contributed by atoms with E-state index in [4.69, 9.17) is 11.6 Å². The molecule has 0 aromatic carbocycles. The Morgan fingerprint density at radius 3 is 2.77 bits per heavy atom. The van der Waals surface area contributed by atoms with Crippen molar-refractivity contribution in [1.29, 1.82) is 0 Å². The molecule has 0 bridgehead atoms. The molecule has 0 saturated heterocycles. The van der Waals surface area contributed by atoms with Gasteiger partial charge in [0, 0.05) is 6.20 Å². The third kappa shape index (κ3) is 1.47. The standard InChI is InChI=1S/C9H8ClN3/c1-5-3-7-9(11-4-5)13-8(10)6(2)12-7/h3-4H,1-2H3. The predicted molar refractivity (Wildman–Crippen MR) is 51.8 cm³/mol.